The Kier molecular flexibility index (Phi) is 5.66. The smallest absolute Gasteiger partial charge is 0.234 e. The highest BCUT2D eigenvalue weighted by molar-refractivity contribution is 5.77. The lowest BCUT2D eigenvalue weighted by Gasteiger charge is -2.16. The zero-order valence-corrected chi connectivity index (χ0v) is 10.6. The van der Waals surface area contributed by atoms with E-state index < -0.39 is 0 Å². The van der Waals surface area contributed by atoms with E-state index in [-0.39, 0.29) is 5.91 Å². The number of benzene rings is 1. The fourth-order valence-electron chi connectivity index (χ4n) is 1.57. The molecule has 0 aromatic heterocycles. The molecule has 1 aromatic carbocycles. The molecular weight excluding hydrogens is 214 g/mol. The van der Waals surface area contributed by atoms with Crippen LogP contribution in [0.15, 0.2) is 24.3 Å². The zero-order chi connectivity index (χ0) is 12.7. The molecule has 3 N–H and O–H groups in total. The van der Waals surface area contributed by atoms with Gasteiger partial charge in [0.15, 0.2) is 0 Å². The van der Waals surface area contributed by atoms with Crippen LogP contribution in [0.4, 0.5) is 0 Å². The van der Waals surface area contributed by atoms with Gasteiger partial charge in [0, 0.05) is 19.6 Å². The van der Waals surface area contributed by atoms with Crippen LogP contribution in [0.5, 0.6) is 0 Å². The van der Waals surface area contributed by atoms with Gasteiger partial charge in [-0.2, -0.15) is 0 Å². The molecule has 1 amide bonds. The number of hydrogen-bond acceptors (Lipinski definition) is 3. The molecule has 4 nitrogen and oxygen atoms in total. The van der Waals surface area contributed by atoms with Gasteiger partial charge in [-0.25, -0.2) is 0 Å². The van der Waals surface area contributed by atoms with Crippen LogP contribution in [-0.4, -0.2) is 37.5 Å². The SMILES string of the molecule is Cc1ccc(CN(C)CC(=O)NCCN)cc1. The highest BCUT2D eigenvalue weighted by Crippen LogP contribution is 2.05. The van der Waals surface area contributed by atoms with Crippen LogP contribution in [0.25, 0.3) is 0 Å². The van der Waals surface area contributed by atoms with Crippen LogP contribution in [0, 0.1) is 6.92 Å². The maximum Gasteiger partial charge on any atom is 0.234 e. The van der Waals surface area contributed by atoms with Crippen molar-refractivity contribution in [3.05, 3.63) is 35.4 Å². The maximum absolute atomic E-state index is 11.4. The maximum atomic E-state index is 11.4. The Hall–Kier alpha value is -1.39. The molecule has 1 aromatic rings. The van der Waals surface area contributed by atoms with Gasteiger partial charge in [0.25, 0.3) is 0 Å². The van der Waals surface area contributed by atoms with Crippen molar-refractivity contribution in [3.63, 3.8) is 0 Å². The summed E-state index contributed by atoms with van der Waals surface area (Å²) in [6, 6.07) is 8.34. The van der Waals surface area contributed by atoms with Crippen molar-refractivity contribution >= 4 is 5.91 Å². The Morgan fingerprint density at radius 1 is 1.35 bits per heavy atom. The Bertz CT molecular complexity index is 348. The lowest BCUT2D eigenvalue weighted by Crippen LogP contribution is -2.37. The molecule has 0 aliphatic carbocycles. The average Bonchev–Trinajstić information content (AvgIpc) is 2.29. The number of nitrogens with two attached hydrogens (primary N) is 1. The molecule has 0 radical (unpaired) electrons. The summed E-state index contributed by atoms with van der Waals surface area (Å²) in [6.07, 6.45) is 0. The highest BCUT2D eigenvalue weighted by Gasteiger charge is 2.05. The minimum Gasteiger partial charge on any atom is -0.354 e. The third-order valence-electron chi connectivity index (χ3n) is 2.45. The topological polar surface area (TPSA) is 58.4 Å². The second-order valence-electron chi connectivity index (χ2n) is 4.30. The Morgan fingerprint density at radius 2 is 2.00 bits per heavy atom. The van der Waals surface area contributed by atoms with Crippen molar-refractivity contribution in [1.82, 2.24) is 10.2 Å². The van der Waals surface area contributed by atoms with Crippen LogP contribution in [-0.2, 0) is 11.3 Å². The van der Waals surface area contributed by atoms with Gasteiger partial charge in [0.2, 0.25) is 5.91 Å². The lowest BCUT2D eigenvalue weighted by molar-refractivity contribution is -0.122. The van der Waals surface area contributed by atoms with Crippen molar-refractivity contribution in [1.29, 1.82) is 0 Å². The fraction of sp³-hybridized carbons (Fsp3) is 0.462. The summed E-state index contributed by atoms with van der Waals surface area (Å²) in [5, 5.41) is 2.75. The van der Waals surface area contributed by atoms with Gasteiger partial charge in [0.1, 0.15) is 0 Å². The third-order valence-corrected chi connectivity index (χ3v) is 2.45. The van der Waals surface area contributed by atoms with Crippen LogP contribution < -0.4 is 11.1 Å². The number of rotatable bonds is 6. The van der Waals surface area contributed by atoms with Crippen molar-refractivity contribution in [2.75, 3.05) is 26.7 Å². The molecule has 94 valence electrons. The molecule has 0 bridgehead atoms. The molecule has 0 saturated heterocycles. The number of nitrogens with one attached hydrogen (secondary N) is 1. The number of likely N-dealkylation sites (N-methyl/N-ethyl adjacent to an activating group) is 1. The van der Waals surface area contributed by atoms with E-state index in [9.17, 15) is 4.79 Å². The summed E-state index contributed by atoms with van der Waals surface area (Å²) in [5.74, 6) is 0.0186. The van der Waals surface area contributed by atoms with E-state index in [1.165, 1.54) is 11.1 Å². The first-order chi connectivity index (χ1) is 8.11. The summed E-state index contributed by atoms with van der Waals surface area (Å²) < 4.78 is 0. The number of amides is 1. The normalized spacial score (nSPS) is 10.6. The fourth-order valence-corrected chi connectivity index (χ4v) is 1.57. The lowest BCUT2D eigenvalue weighted by atomic mass is 10.1. The summed E-state index contributed by atoms with van der Waals surface area (Å²) in [6.45, 7) is 4.25. The molecular formula is C13H21N3O. The molecule has 0 aliphatic rings. The van der Waals surface area contributed by atoms with E-state index in [1.807, 2.05) is 11.9 Å². The van der Waals surface area contributed by atoms with E-state index in [0.29, 0.717) is 19.6 Å². The molecule has 0 atom stereocenters. The van der Waals surface area contributed by atoms with Gasteiger partial charge in [-0.3, -0.25) is 9.69 Å². The first-order valence-electron chi connectivity index (χ1n) is 5.82. The van der Waals surface area contributed by atoms with Crippen molar-refractivity contribution in [2.45, 2.75) is 13.5 Å². The van der Waals surface area contributed by atoms with Gasteiger partial charge in [0.05, 0.1) is 6.54 Å². The number of hydrogen-bond donors (Lipinski definition) is 2. The van der Waals surface area contributed by atoms with Crippen LogP contribution in [0.3, 0.4) is 0 Å². The summed E-state index contributed by atoms with van der Waals surface area (Å²) >= 11 is 0. The summed E-state index contributed by atoms with van der Waals surface area (Å²) in [7, 11) is 1.93. The van der Waals surface area contributed by atoms with Crippen molar-refractivity contribution in [3.8, 4) is 0 Å². The van der Waals surface area contributed by atoms with Crippen LogP contribution >= 0.6 is 0 Å². The Labute approximate surface area is 103 Å². The molecule has 0 spiro atoms. The number of aryl methyl sites for hydroxylation is 1. The number of carbonyl (C=O) groups is 1. The number of carbonyl (C=O) groups excluding carboxylic acids is 1. The van der Waals surface area contributed by atoms with Gasteiger partial charge in [-0.15, -0.1) is 0 Å². The first kappa shape index (κ1) is 13.7. The van der Waals surface area contributed by atoms with E-state index in [1.54, 1.807) is 0 Å². The summed E-state index contributed by atoms with van der Waals surface area (Å²) in [5.41, 5.74) is 7.78. The molecule has 0 saturated carbocycles. The van der Waals surface area contributed by atoms with E-state index in [2.05, 4.69) is 36.5 Å². The Morgan fingerprint density at radius 3 is 2.59 bits per heavy atom. The van der Waals surface area contributed by atoms with Crippen LogP contribution in [0.1, 0.15) is 11.1 Å². The zero-order valence-electron chi connectivity index (χ0n) is 10.6. The molecule has 0 unspecified atom stereocenters. The second kappa shape index (κ2) is 7.04. The predicted octanol–water partition coefficient (Wildman–Crippen LogP) is 0.502. The largest absolute Gasteiger partial charge is 0.354 e. The standard InChI is InChI=1S/C13H21N3O/c1-11-3-5-12(6-4-11)9-16(2)10-13(17)15-8-7-14/h3-6H,7-10,14H2,1-2H3,(H,15,17). The minimum absolute atomic E-state index is 0.0186. The van der Waals surface area contributed by atoms with Crippen LogP contribution in [0.2, 0.25) is 0 Å². The van der Waals surface area contributed by atoms with E-state index in [0.717, 1.165) is 6.54 Å². The van der Waals surface area contributed by atoms with E-state index >= 15 is 0 Å². The molecule has 0 heterocycles. The Balaban J connectivity index is 2.36. The van der Waals surface area contributed by atoms with Gasteiger partial charge < -0.3 is 11.1 Å². The van der Waals surface area contributed by atoms with Gasteiger partial charge in [-0.05, 0) is 19.5 Å². The monoisotopic (exact) mass is 235 g/mol. The summed E-state index contributed by atoms with van der Waals surface area (Å²) in [4.78, 5) is 13.4. The number of nitrogens with zero attached hydrogens (tertiary/aromatic N) is 1. The average molecular weight is 235 g/mol. The molecule has 0 aliphatic heterocycles. The molecule has 17 heavy (non-hydrogen) atoms. The van der Waals surface area contributed by atoms with Crippen molar-refractivity contribution < 1.29 is 4.79 Å². The molecule has 1 rings (SSSR count). The van der Waals surface area contributed by atoms with Gasteiger partial charge in [-0.1, -0.05) is 29.8 Å². The molecule has 0 fully saturated rings. The predicted molar refractivity (Wildman–Crippen MR) is 69.6 cm³/mol. The quantitative estimate of drug-likeness (QED) is 0.755. The van der Waals surface area contributed by atoms with E-state index in [4.69, 9.17) is 5.73 Å². The second-order valence-corrected chi connectivity index (χ2v) is 4.30. The highest BCUT2D eigenvalue weighted by atomic mass is 16.2. The third kappa shape index (κ3) is 5.47. The van der Waals surface area contributed by atoms with Gasteiger partial charge >= 0.3 is 0 Å². The first-order valence-corrected chi connectivity index (χ1v) is 5.82. The molecule has 4 heteroatoms. The van der Waals surface area contributed by atoms with Crippen molar-refractivity contribution in [2.24, 2.45) is 5.73 Å². The minimum atomic E-state index is 0.0186.